The van der Waals surface area contributed by atoms with Gasteiger partial charge in [0, 0.05) is 11.6 Å². The SMILES string of the molecule is CCOC(=O)C1=C(C)OC(N)=C(C#N)C1c1ccc(OC)cc1OC. The molecule has 1 heterocycles. The number of nitrogens with zero attached hydrogens (tertiary/aromatic N) is 1. The zero-order valence-corrected chi connectivity index (χ0v) is 14.6. The Bertz CT molecular complexity index is 789. The van der Waals surface area contributed by atoms with Gasteiger partial charge in [-0.2, -0.15) is 5.26 Å². The largest absolute Gasteiger partial charge is 0.497 e. The van der Waals surface area contributed by atoms with Crippen LogP contribution in [0.3, 0.4) is 0 Å². The highest BCUT2D eigenvalue weighted by Gasteiger charge is 2.37. The Morgan fingerprint density at radius 3 is 2.64 bits per heavy atom. The third kappa shape index (κ3) is 3.38. The van der Waals surface area contributed by atoms with Crippen molar-refractivity contribution in [2.45, 2.75) is 19.8 Å². The molecule has 0 fully saturated rings. The number of benzene rings is 1. The van der Waals surface area contributed by atoms with Gasteiger partial charge in [-0.1, -0.05) is 6.07 Å². The van der Waals surface area contributed by atoms with Gasteiger partial charge in [0.1, 0.15) is 28.9 Å². The zero-order valence-electron chi connectivity index (χ0n) is 14.6. The molecule has 1 unspecified atom stereocenters. The van der Waals surface area contributed by atoms with E-state index in [1.165, 1.54) is 14.2 Å². The van der Waals surface area contributed by atoms with E-state index in [-0.39, 0.29) is 29.4 Å². The number of hydrogen-bond donors (Lipinski definition) is 1. The van der Waals surface area contributed by atoms with Gasteiger partial charge in [-0.25, -0.2) is 4.79 Å². The fourth-order valence-corrected chi connectivity index (χ4v) is 2.72. The van der Waals surface area contributed by atoms with Gasteiger partial charge in [0.25, 0.3) is 0 Å². The van der Waals surface area contributed by atoms with Gasteiger partial charge in [-0.05, 0) is 19.9 Å². The highest BCUT2D eigenvalue weighted by molar-refractivity contribution is 5.92. The zero-order chi connectivity index (χ0) is 18.6. The number of allylic oxidation sites excluding steroid dienone is 2. The molecular formula is C18H20N2O5. The van der Waals surface area contributed by atoms with Gasteiger partial charge in [0.15, 0.2) is 0 Å². The monoisotopic (exact) mass is 344 g/mol. The van der Waals surface area contributed by atoms with Crippen LogP contribution < -0.4 is 15.2 Å². The lowest BCUT2D eigenvalue weighted by molar-refractivity contribution is -0.139. The summed E-state index contributed by atoms with van der Waals surface area (Å²) in [6, 6.07) is 7.15. The molecule has 7 heteroatoms. The second-order valence-corrected chi connectivity index (χ2v) is 5.22. The van der Waals surface area contributed by atoms with Crippen LogP contribution in [0.4, 0.5) is 0 Å². The molecule has 2 N–H and O–H groups in total. The second-order valence-electron chi connectivity index (χ2n) is 5.22. The minimum atomic E-state index is -0.751. The van der Waals surface area contributed by atoms with E-state index in [0.717, 1.165) is 0 Å². The number of esters is 1. The fraction of sp³-hybridized carbons (Fsp3) is 0.333. The lowest BCUT2D eigenvalue weighted by atomic mass is 9.82. The summed E-state index contributed by atoms with van der Waals surface area (Å²) in [6.45, 7) is 3.51. The van der Waals surface area contributed by atoms with E-state index in [1.54, 1.807) is 32.0 Å². The Kier molecular flexibility index (Phi) is 5.55. The van der Waals surface area contributed by atoms with Gasteiger partial charge < -0.3 is 24.7 Å². The Morgan fingerprint density at radius 2 is 2.08 bits per heavy atom. The fourth-order valence-electron chi connectivity index (χ4n) is 2.72. The van der Waals surface area contributed by atoms with Crippen molar-refractivity contribution >= 4 is 5.97 Å². The number of hydrogen-bond acceptors (Lipinski definition) is 7. The Morgan fingerprint density at radius 1 is 1.36 bits per heavy atom. The molecule has 0 saturated carbocycles. The topological polar surface area (TPSA) is 104 Å². The molecule has 2 rings (SSSR count). The molecule has 0 spiro atoms. The van der Waals surface area contributed by atoms with Gasteiger partial charge >= 0.3 is 5.97 Å². The Hall–Kier alpha value is -3.14. The van der Waals surface area contributed by atoms with Crippen molar-refractivity contribution in [1.82, 2.24) is 0 Å². The van der Waals surface area contributed by atoms with E-state index in [4.69, 9.17) is 24.7 Å². The van der Waals surface area contributed by atoms with E-state index in [1.807, 2.05) is 6.07 Å². The highest BCUT2D eigenvalue weighted by Crippen LogP contribution is 2.43. The van der Waals surface area contributed by atoms with Crippen molar-refractivity contribution in [3.05, 3.63) is 46.6 Å². The molecule has 0 saturated heterocycles. The summed E-state index contributed by atoms with van der Waals surface area (Å²) in [7, 11) is 3.03. The van der Waals surface area contributed by atoms with Crippen molar-refractivity contribution in [2.75, 3.05) is 20.8 Å². The highest BCUT2D eigenvalue weighted by atomic mass is 16.5. The van der Waals surface area contributed by atoms with E-state index >= 15 is 0 Å². The molecule has 0 radical (unpaired) electrons. The molecule has 0 bridgehead atoms. The predicted octanol–water partition coefficient (Wildman–Crippen LogP) is 2.35. The summed E-state index contributed by atoms with van der Waals surface area (Å²) in [6.07, 6.45) is 0. The average molecular weight is 344 g/mol. The third-order valence-corrected chi connectivity index (χ3v) is 3.85. The summed E-state index contributed by atoms with van der Waals surface area (Å²) in [5.41, 5.74) is 6.81. The number of carbonyl (C=O) groups excluding carboxylic acids is 1. The number of methoxy groups -OCH3 is 2. The van der Waals surface area contributed by atoms with Crippen LogP contribution >= 0.6 is 0 Å². The molecule has 1 atom stereocenters. The van der Waals surface area contributed by atoms with Gasteiger partial charge in [-0.15, -0.1) is 0 Å². The predicted molar refractivity (Wildman–Crippen MR) is 89.5 cm³/mol. The Balaban J connectivity index is 2.69. The molecule has 1 aromatic rings. The van der Waals surface area contributed by atoms with Gasteiger partial charge in [0.05, 0.1) is 32.3 Å². The molecule has 0 aromatic heterocycles. The maximum absolute atomic E-state index is 12.5. The van der Waals surface area contributed by atoms with Crippen molar-refractivity contribution in [3.63, 3.8) is 0 Å². The second kappa shape index (κ2) is 7.62. The summed E-state index contributed by atoms with van der Waals surface area (Å²) in [4.78, 5) is 12.5. The summed E-state index contributed by atoms with van der Waals surface area (Å²) < 4.78 is 21.1. The molecule has 1 aliphatic rings. The maximum atomic E-state index is 12.5. The lowest BCUT2D eigenvalue weighted by Gasteiger charge is -2.27. The molecule has 1 aromatic carbocycles. The number of ether oxygens (including phenoxy) is 4. The molecule has 25 heavy (non-hydrogen) atoms. The van der Waals surface area contributed by atoms with Crippen LogP contribution in [-0.2, 0) is 14.3 Å². The van der Waals surface area contributed by atoms with Crippen molar-refractivity contribution in [2.24, 2.45) is 5.73 Å². The third-order valence-electron chi connectivity index (χ3n) is 3.85. The first-order valence-electron chi connectivity index (χ1n) is 7.65. The first-order valence-corrected chi connectivity index (χ1v) is 7.65. The summed E-state index contributed by atoms with van der Waals surface area (Å²) >= 11 is 0. The molecule has 1 aliphatic heterocycles. The number of carbonyl (C=O) groups is 1. The Labute approximate surface area is 146 Å². The van der Waals surface area contributed by atoms with E-state index < -0.39 is 11.9 Å². The quantitative estimate of drug-likeness (QED) is 0.818. The van der Waals surface area contributed by atoms with Crippen LogP contribution in [-0.4, -0.2) is 26.8 Å². The van der Waals surface area contributed by atoms with Crippen LogP contribution in [0.5, 0.6) is 11.5 Å². The van der Waals surface area contributed by atoms with Crippen LogP contribution in [0.25, 0.3) is 0 Å². The maximum Gasteiger partial charge on any atom is 0.338 e. The van der Waals surface area contributed by atoms with Gasteiger partial charge in [-0.3, -0.25) is 0 Å². The smallest absolute Gasteiger partial charge is 0.338 e. The number of nitrogens with two attached hydrogens (primary N) is 1. The molecule has 132 valence electrons. The minimum absolute atomic E-state index is 0.0454. The van der Waals surface area contributed by atoms with E-state index in [0.29, 0.717) is 17.1 Å². The van der Waals surface area contributed by atoms with Crippen LogP contribution in [0.2, 0.25) is 0 Å². The van der Waals surface area contributed by atoms with E-state index in [9.17, 15) is 10.1 Å². The van der Waals surface area contributed by atoms with Crippen LogP contribution in [0.15, 0.2) is 41.0 Å². The van der Waals surface area contributed by atoms with Crippen LogP contribution in [0, 0.1) is 11.3 Å². The number of rotatable bonds is 5. The first kappa shape index (κ1) is 18.2. The molecule has 0 amide bonds. The standard InChI is InChI=1S/C18H20N2O5/c1-5-24-18(21)15-10(2)25-17(20)13(9-19)16(15)12-7-6-11(22-3)8-14(12)23-4/h6-8,16H,5,20H2,1-4H3. The van der Waals surface area contributed by atoms with E-state index in [2.05, 4.69) is 0 Å². The first-order chi connectivity index (χ1) is 12.0. The average Bonchev–Trinajstić information content (AvgIpc) is 2.60. The summed E-state index contributed by atoms with van der Waals surface area (Å²) in [5, 5.41) is 9.57. The molecule has 7 nitrogen and oxygen atoms in total. The lowest BCUT2D eigenvalue weighted by Crippen LogP contribution is -2.25. The van der Waals surface area contributed by atoms with Crippen LogP contribution in [0.1, 0.15) is 25.3 Å². The van der Waals surface area contributed by atoms with Crippen molar-refractivity contribution in [1.29, 1.82) is 5.26 Å². The normalized spacial score (nSPS) is 16.8. The minimum Gasteiger partial charge on any atom is -0.497 e. The van der Waals surface area contributed by atoms with Crippen molar-refractivity contribution in [3.8, 4) is 17.6 Å². The molecule has 0 aliphatic carbocycles. The van der Waals surface area contributed by atoms with Crippen molar-refractivity contribution < 1.29 is 23.7 Å². The molecular weight excluding hydrogens is 324 g/mol. The summed E-state index contributed by atoms with van der Waals surface area (Å²) in [5.74, 6) is -0.0292. The number of nitriles is 1. The van der Waals surface area contributed by atoms with Gasteiger partial charge in [0.2, 0.25) is 5.88 Å².